The second-order valence-corrected chi connectivity index (χ2v) is 6.73. The van der Waals surface area contributed by atoms with Crippen LogP contribution < -0.4 is 10.2 Å². The lowest BCUT2D eigenvalue weighted by Crippen LogP contribution is -2.44. The molecule has 24 heavy (non-hydrogen) atoms. The molecule has 0 aliphatic carbocycles. The number of nitrogens with zero attached hydrogens (tertiary/aromatic N) is 4. The van der Waals surface area contributed by atoms with E-state index in [-0.39, 0.29) is 11.9 Å². The van der Waals surface area contributed by atoms with Crippen LogP contribution in [0.2, 0.25) is 0 Å². The summed E-state index contributed by atoms with van der Waals surface area (Å²) in [6, 6.07) is 7.92. The topological polar surface area (TPSA) is 71.0 Å². The van der Waals surface area contributed by atoms with Gasteiger partial charge in [0.2, 0.25) is 0 Å². The molecule has 0 saturated carbocycles. The van der Waals surface area contributed by atoms with Crippen LogP contribution in [-0.4, -0.2) is 40.0 Å². The summed E-state index contributed by atoms with van der Waals surface area (Å²) in [5.74, 6) is 0.952. The molecule has 1 amide bonds. The molecule has 0 spiro atoms. The molecule has 1 fully saturated rings. The van der Waals surface area contributed by atoms with Crippen molar-refractivity contribution < 1.29 is 4.79 Å². The van der Waals surface area contributed by atoms with Gasteiger partial charge < -0.3 is 10.2 Å². The summed E-state index contributed by atoms with van der Waals surface area (Å²) in [7, 11) is 0. The number of nitrogens with one attached hydrogen (secondary N) is 1. The van der Waals surface area contributed by atoms with E-state index in [4.69, 9.17) is 0 Å². The van der Waals surface area contributed by atoms with Gasteiger partial charge in [-0.15, -0.1) is 11.3 Å². The van der Waals surface area contributed by atoms with E-state index in [9.17, 15) is 4.79 Å². The lowest BCUT2D eigenvalue weighted by Gasteiger charge is -2.33. The zero-order valence-electron chi connectivity index (χ0n) is 13.1. The van der Waals surface area contributed by atoms with E-state index in [1.165, 1.54) is 11.3 Å². The third-order valence-corrected chi connectivity index (χ3v) is 5.08. The minimum atomic E-state index is 0.0301. The van der Waals surface area contributed by atoms with Crippen molar-refractivity contribution >= 4 is 34.2 Å². The van der Waals surface area contributed by atoms with Crippen LogP contribution in [0.3, 0.4) is 0 Å². The number of carbonyl (C=O) groups is 1. The van der Waals surface area contributed by atoms with E-state index in [1.807, 2.05) is 29.6 Å². The fourth-order valence-corrected chi connectivity index (χ4v) is 3.56. The van der Waals surface area contributed by atoms with Crippen molar-refractivity contribution in [1.82, 2.24) is 20.3 Å². The second-order valence-electron chi connectivity index (χ2n) is 5.78. The van der Waals surface area contributed by atoms with Crippen LogP contribution in [0.4, 0.5) is 5.82 Å². The van der Waals surface area contributed by atoms with Gasteiger partial charge in [-0.25, -0.2) is 9.97 Å². The number of fused-ring (bicyclic) bond motifs is 1. The molecule has 6 nitrogen and oxygen atoms in total. The van der Waals surface area contributed by atoms with Gasteiger partial charge in [-0.05, 0) is 36.4 Å². The molecule has 1 saturated heterocycles. The zero-order valence-corrected chi connectivity index (χ0v) is 13.9. The molecular formula is C17H17N5OS. The number of hydrogen-bond donors (Lipinski definition) is 1. The molecule has 0 aromatic carbocycles. The first-order chi connectivity index (χ1) is 11.8. The highest BCUT2D eigenvalue weighted by atomic mass is 32.1. The molecule has 0 unspecified atom stereocenters. The Bertz CT molecular complexity index is 843. The summed E-state index contributed by atoms with van der Waals surface area (Å²) in [5.41, 5.74) is 1.47. The number of anilines is 1. The van der Waals surface area contributed by atoms with Gasteiger partial charge >= 0.3 is 0 Å². The Morgan fingerprint density at radius 1 is 1.17 bits per heavy atom. The average Bonchev–Trinajstić information content (AvgIpc) is 3.17. The van der Waals surface area contributed by atoms with Gasteiger partial charge in [0.05, 0.1) is 4.88 Å². The fraction of sp³-hybridized carbons (Fsp3) is 0.294. The molecule has 1 aliphatic rings. The maximum Gasteiger partial charge on any atom is 0.261 e. The van der Waals surface area contributed by atoms with Gasteiger partial charge in [0, 0.05) is 31.5 Å². The molecule has 122 valence electrons. The molecular weight excluding hydrogens is 322 g/mol. The summed E-state index contributed by atoms with van der Waals surface area (Å²) in [5, 5.41) is 5.05. The number of piperidine rings is 1. The Morgan fingerprint density at radius 2 is 2.00 bits per heavy atom. The minimum Gasteiger partial charge on any atom is -0.356 e. The average molecular weight is 339 g/mol. The molecule has 4 heterocycles. The first kappa shape index (κ1) is 15.0. The van der Waals surface area contributed by atoms with Crippen LogP contribution in [0, 0.1) is 0 Å². The van der Waals surface area contributed by atoms with Crippen LogP contribution >= 0.6 is 11.3 Å². The van der Waals surface area contributed by atoms with Crippen LogP contribution in [-0.2, 0) is 0 Å². The van der Waals surface area contributed by atoms with Gasteiger partial charge in [0.15, 0.2) is 5.65 Å². The van der Waals surface area contributed by atoms with E-state index >= 15 is 0 Å². The summed E-state index contributed by atoms with van der Waals surface area (Å²) in [4.78, 5) is 28.2. The summed E-state index contributed by atoms with van der Waals surface area (Å²) in [6.45, 7) is 1.74. The molecule has 1 aliphatic heterocycles. The monoisotopic (exact) mass is 339 g/mol. The van der Waals surface area contributed by atoms with Crippen LogP contribution in [0.25, 0.3) is 11.2 Å². The van der Waals surface area contributed by atoms with Crippen molar-refractivity contribution in [3.8, 4) is 0 Å². The number of pyridine rings is 1. The van der Waals surface area contributed by atoms with Gasteiger partial charge in [-0.1, -0.05) is 6.07 Å². The van der Waals surface area contributed by atoms with E-state index in [0.29, 0.717) is 5.65 Å². The Hall–Kier alpha value is -2.54. The molecule has 0 bridgehead atoms. The van der Waals surface area contributed by atoms with E-state index in [1.54, 1.807) is 12.4 Å². The maximum atomic E-state index is 12.1. The normalized spacial score (nSPS) is 15.6. The van der Waals surface area contributed by atoms with Gasteiger partial charge in [-0.3, -0.25) is 9.78 Å². The van der Waals surface area contributed by atoms with Crippen molar-refractivity contribution in [2.24, 2.45) is 0 Å². The predicted molar refractivity (Wildman–Crippen MR) is 94.4 cm³/mol. The highest BCUT2D eigenvalue weighted by Crippen LogP contribution is 2.20. The van der Waals surface area contributed by atoms with Crippen molar-refractivity contribution in [3.05, 3.63) is 46.9 Å². The minimum absolute atomic E-state index is 0.0301. The smallest absolute Gasteiger partial charge is 0.261 e. The highest BCUT2D eigenvalue weighted by molar-refractivity contribution is 7.12. The van der Waals surface area contributed by atoms with Crippen molar-refractivity contribution in [2.45, 2.75) is 18.9 Å². The highest BCUT2D eigenvalue weighted by Gasteiger charge is 2.22. The largest absolute Gasteiger partial charge is 0.356 e. The Morgan fingerprint density at radius 3 is 2.79 bits per heavy atom. The Kier molecular flexibility index (Phi) is 4.08. The van der Waals surface area contributed by atoms with E-state index in [0.717, 1.165) is 42.1 Å². The first-order valence-corrected chi connectivity index (χ1v) is 8.85. The zero-order chi connectivity index (χ0) is 16.4. The number of aromatic nitrogens is 3. The number of carbonyl (C=O) groups excluding carboxylic acids is 1. The SMILES string of the molecule is O=C(NC1CCN(c2ccc3nccnc3n2)CC1)c1cccs1. The molecule has 3 aromatic rings. The van der Waals surface area contributed by atoms with Gasteiger partial charge in [-0.2, -0.15) is 0 Å². The van der Waals surface area contributed by atoms with Crippen molar-refractivity contribution in [2.75, 3.05) is 18.0 Å². The molecule has 3 aromatic heterocycles. The lowest BCUT2D eigenvalue weighted by molar-refractivity contribution is 0.0935. The van der Waals surface area contributed by atoms with Crippen molar-refractivity contribution in [1.29, 1.82) is 0 Å². The second kappa shape index (κ2) is 6.52. The quantitative estimate of drug-likeness (QED) is 0.794. The maximum absolute atomic E-state index is 12.1. The number of amides is 1. The molecule has 4 rings (SSSR count). The van der Waals surface area contributed by atoms with Crippen LogP contribution in [0.5, 0.6) is 0 Å². The van der Waals surface area contributed by atoms with Crippen LogP contribution in [0.1, 0.15) is 22.5 Å². The summed E-state index contributed by atoms with van der Waals surface area (Å²) >= 11 is 1.47. The Balaban J connectivity index is 1.39. The predicted octanol–water partition coefficient (Wildman–Crippen LogP) is 2.49. The fourth-order valence-electron chi connectivity index (χ4n) is 2.94. The third-order valence-electron chi connectivity index (χ3n) is 4.22. The summed E-state index contributed by atoms with van der Waals surface area (Å²) in [6.07, 6.45) is 5.16. The van der Waals surface area contributed by atoms with Gasteiger partial charge in [0.25, 0.3) is 5.91 Å². The number of hydrogen-bond acceptors (Lipinski definition) is 6. The first-order valence-electron chi connectivity index (χ1n) is 7.97. The molecule has 0 radical (unpaired) electrons. The number of thiophene rings is 1. The molecule has 0 atom stereocenters. The standard InChI is InChI=1S/C17H17N5OS/c23-17(14-2-1-11-24-14)20-12-5-9-22(10-6-12)15-4-3-13-16(21-15)19-8-7-18-13/h1-4,7-8,11-12H,5-6,9-10H2,(H,20,23). The molecule has 1 N–H and O–H groups in total. The van der Waals surface area contributed by atoms with Crippen molar-refractivity contribution in [3.63, 3.8) is 0 Å². The van der Waals surface area contributed by atoms with Crippen LogP contribution in [0.15, 0.2) is 42.0 Å². The van der Waals surface area contributed by atoms with E-state index in [2.05, 4.69) is 25.2 Å². The third kappa shape index (κ3) is 3.07. The molecule has 7 heteroatoms. The lowest BCUT2D eigenvalue weighted by atomic mass is 10.0. The summed E-state index contributed by atoms with van der Waals surface area (Å²) < 4.78 is 0. The Labute approximate surface area is 143 Å². The van der Waals surface area contributed by atoms with Gasteiger partial charge in [0.1, 0.15) is 11.3 Å². The van der Waals surface area contributed by atoms with E-state index < -0.39 is 0 Å². The number of rotatable bonds is 3.